The number of fused-ring (bicyclic) bond motifs is 1. The van der Waals surface area contributed by atoms with E-state index in [1.165, 1.54) is 6.07 Å². The number of aryl methyl sites for hydroxylation is 1. The van der Waals surface area contributed by atoms with Crippen molar-refractivity contribution in [2.75, 3.05) is 19.6 Å². The zero-order valence-electron chi connectivity index (χ0n) is 16.3. The van der Waals surface area contributed by atoms with E-state index in [9.17, 15) is 14.9 Å². The lowest BCUT2D eigenvalue weighted by atomic mass is 9.95. The van der Waals surface area contributed by atoms with Crippen LogP contribution in [0.1, 0.15) is 53.3 Å². The molecule has 1 aromatic carbocycles. The second-order valence-electron chi connectivity index (χ2n) is 7.32. The van der Waals surface area contributed by atoms with Crippen molar-refractivity contribution in [3.8, 4) is 0 Å². The van der Waals surface area contributed by atoms with Crippen molar-refractivity contribution in [2.24, 2.45) is 0 Å². The van der Waals surface area contributed by atoms with E-state index in [0.29, 0.717) is 36.6 Å². The first-order chi connectivity index (χ1) is 13.6. The monoisotopic (exact) mass is 420 g/mol. The molecule has 0 atom stereocenters. The summed E-state index contributed by atoms with van der Waals surface area (Å²) in [4.78, 5) is 25.5. The van der Waals surface area contributed by atoms with Crippen molar-refractivity contribution in [3.63, 3.8) is 0 Å². The van der Waals surface area contributed by atoms with Crippen LogP contribution in [0.5, 0.6) is 0 Å². The number of nitrogens with one attached hydrogen (secondary N) is 1. The molecule has 0 bridgehead atoms. The lowest BCUT2D eigenvalue weighted by Gasteiger charge is -2.32. The number of hydrogen-bond acceptors (Lipinski definition) is 6. The van der Waals surface area contributed by atoms with E-state index < -0.39 is 4.92 Å². The van der Waals surface area contributed by atoms with Crippen LogP contribution in [0.4, 0.5) is 5.69 Å². The van der Waals surface area contributed by atoms with E-state index in [-0.39, 0.29) is 24.0 Å². The smallest absolute Gasteiger partial charge is 0.273 e. The molecule has 0 saturated carbocycles. The molecule has 29 heavy (non-hydrogen) atoms. The third-order valence-corrected chi connectivity index (χ3v) is 5.71. The summed E-state index contributed by atoms with van der Waals surface area (Å²) in [5.41, 5.74) is 1.05. The Morgan fingerprint density at radius 3 is 2.72 bits per heavy atom. The average Bonchev–Trinajstić information content (AvgIpc) is 3.17. The molecule has 1 N–H and O–H groups in total. The largest absolute Gasteiger partial charge is 0.339 e. The number of rotatable bonds is 4. The summed E-state index contributed by atoms with van der Waals surface area (Å²) in [5.74, 6) is 2.14. The van der Waals surface area contributed by atoms with Crippen LogP contribution in [0.3, 0.4) is 0 Å². The Bertz CT molecular complexity index is 907. The fourth-order valence-electron chi connectivity index (χ4n) is 4.11. The first-order valence-electron chi connectivity index (χ1n) is 9.77. The summed E-state index contributed by atoms with van der Waals surface area (Å²) >= 11 is 0. The number of halogens is 1. The predicted octanol–water partition coefficient (Wildman–Crippen LogP) is 2.29. The van der Waals surface area contributed by atoms with Crippen LogP contribution < -0.4 is 5.32 Å². The summed E-state index contributed by atoms with van der Waals surface area (Å²) in [6, 6.07) is 4.80. The highest BCUT2D eigenvalue weighted by Gasteiger charge is 2.29. The third kappa shape index (κ3) is 4.11. The van der Waals surface area contributed by atoms with Crippen molar-refractivity contribution in [2.45, 2.75) is 45.2 Å². The van der Waals surface area contributed by atoms with E-state index in [0.717, 1.165) is 44.1 Å². The fourth-order valence-corrected chi connectivity index (χ4v) is 4.11. The van der Waals surface area contributed by atoms with Gasteiger partial charge in [0.05, 0.1) is 11.5 Å². The highest BCUT2D eigenvalue weighted by Crippen LogP contribution is 2.29. The number of aromatic nitrogens is 3. The lowest BCUT2D eigenvalue weighted by Crippen LogP contribution is -2.39. The molecule has 9 nitrogen and oxygen atoms in total. The van der Waals surface area contributed by atoms with Crippen LogP contribution >= 0.6 is 12.4 Å². The quantitative estimate of drug-likeness (QED) is 0.600. The first-order valence-corrected chi connectivity index (χ1v) is 9.77. The number of piperidine rings is 1. The van der Waals surface area contributed by atoms with Crippen LogP contribution in [-0.4, -0.2) is 50.1 Å². The Labute approximate surface area is 175 Å². The summed E-state index contributed by atoms with van der Waals surface area (Å²) in [7, 11) is 0. The molecule has 1 aromatic heterocycles. The van der Waals surface area contributed by atoms with Gasteiger partial charge in [-0.05, 0) is 25.3 Å². The molecule has 0 aliphatic carbocycles. The maximum atomic E-state index is 12.9. The second-order valence-corrected chi connectivity index (χ2v) is 7.32. The lowest BCUT2D eigenvalue weighted by molar-refractivity contribution is -0.385. The molecule has 1 amide bonds. The molecule has 156 valence electrons. The molecular weight excluding hydrogens is 396 g/mol. The minimum absolute atomic E-state index is 0. The molecule has 0 spiro atoms. The van der Waals surface area contributed by atoms with E-state index >= 15 is 0 Å². The van der Waals surface area contributed by atoms with Crippen molar-refractivity contribution >= 4 is 24.0 Å². The second kappa shape index (κ2) is 8.87. The van der Waals surface area contributed by atoms with Crippen LogP contribution in [0, 0.1) is 10.1 Å². The standard InChI is InChI=1S/C19H24N6O3.ClH/c1-2-13-3-4-15(11-16(13)25(27)28)19(26)23-8-5-14(6-9-23)18-22-21-17-12-20-7-10-24(17)18;/h3-4,11,14,20H,2,5-10,12H2,1H3;1H. The van der Waals surface area contributed by atoms with Gasteiger partial charge in [0.1, 0.15) is 11.6 Å². The van der Waals surface area contributed by atoms with Crippen molar-refractivity contribution in [1.82, 2.24) is 25.0 Å². The number of likely N-dealkylation sites (tertiary alicyclic amines) is 1. The molecule has 2 aromatic rings. The summed E-state index contributed by atoms with van der Waals surface area (Å²) in [6.45, 7) is 5.65. The molecule has 2 aliphatic heterocycles. The summed E-state index contributed by atoms with van der Waals surface area (Å²) < 4.78 is 2.20. The summed E-state index contributed by atoms with van der Waals surface area (Å²) in [6.07, 6.45) is 2.22. The van der Waals surface area contributed by atoms with Gasteiger partial charge in [-0.1, -0.05) is 13.0 Å². The maximum Gasteiger partial charge on any atom is 0.273 e. The minimum atomic E-state index is -0.412. The highest BCUT2D eigenvalue weighted by atomic mass is 35.5. The Kier molecular flexibility index (Phi) is 6.49. The SMILES string of the molecule is CCc1ccc(C(=O)N2CCC(c3nnc4n3CCNC4)CC2)cc1[N+](=O)[O-].Cl. The van der Waals surface area contributed by atoms with Gasteiger partial charge in [-0.15, -0.1) is 22.6 Å². The van der Waals surface area contributed by atoms with E-state index in [2.05, 4.69) is 20.1 Å². The van der Waals surface area contributed by atoms with Gasteiger partial charge in [-0.2, -0.15) is 0 Å². The van der Waals surface area contributed by atoms with Crippen molar-refractivity contribution in [3.05, 3.63) is 51.1 Å². The van der Waals surface area contributed by atoms with Gasteiger partial charge in [-0.3, -0.25) is 14.9 Å². The topological polar surface area (TPSA) is 106 Å². The Hall–Kier alpha value is -2.52. The van der Waals surface area contributed by atoms with E-state index in [4.69, 9.17) is 0 Å². The number of nitro benzene ring substituents is 1. The van der Waals surface area contributed by atoms with Crippen LogP contribution in [-0.2, 0) is 19.5 Å². The molecule has 3 heterocycles. The number of nitro groups is 1. The van der Waals surface area contributed by atoms with E-state index in [1.807, 2.05) is 6.92 Å². The maximum absolute atomic E-state index is 12.9. The predicted molar refractivity (Wildman–Crippen MR) is 109 cm³/mol. The number of hydrogen-bond donors (Lipinski definition) is 1. The molecule has 1 saturated heterocycles. The molecule has 0 radical (unpaired) electrons. The fraction of sp³-hybridized carbons (Fsp3) is 0.526. The molecule has 4 rings (SSSR count). The average molecular weight is 421 g/mol. The Morgan fingerprint density at radius 2 is 2.03 bits per heavy atom. The van der Waals surface area contributed by atoms with Crippen LogP contribution in [0.15, 0.2) is 18.2 Å². The Morgan fingerprint density at radius 1 is 1.28 bits per heavy atom. The van der Waals surface area contributed by atoms with Gasteiger partial charge in [0.25, 0.3) is 11.6 Å². The third-order valence-electron chi connectivity index (χ3n) is 5.71. The first kappa shape index (κ1) is 21.2. The van der Waals surface area contributed by atoms with Gasteiger partial charge >= 0.3 is 0 Å². The van der Waals surface area contributed by atoms with Gasteiger partial charge in [-0.25, -0.2) is 0 Å². The number of benzene rings is 1. The van der Waals surface area contributed by atoms with Gasteiger partial charge < -0.3 is 14.8 Å². The van der Waals surface area contributed by atoms with Gasteiger partial charge in [0.2, 0.25) is 0 Å². The Balaban J connectivity index is 0.00000240. The zero-order chi connectivity index (χ0) is 19.7. The highest BCUT2D eigenvalue weighted by molar-refractivity contribution is 5.95. The molecule has 0 unspecified atom stereocenters. The zero-order valence-corrected chi connectivity index (χ0v) is 17.2. The molecule has 2 aliphatic rings. The normalized spacial score (nSPS) is 16.8. The van der Waals surface area contributed by atoms with Crippen molar-refractivity contribution in [1.29, 1.82) is 0 Å². The number of nitrogens with zero attached hydrogens (tertiary/aromatic N) is 5. The number of carbonyl (C=O) groups is 1. The minimum Gasteiger partial charge on any atom is -0.339 e. The van der Waals surface area contributed by atoms with Crippen LogP contribution in [0.25, 0.3) is 0 Å². The molecule has 1 fully saturated rings. The van der Waals surface area contributed by atoms with Crippen LogP contribution in [0.2, 0.25) is 0 Å². The number of carbonyl (C=O) groups excluding carboxylic acids is 1. The molecular formula is C19H25ClN6O3. The van der Waals surface area contributed by atoms with Gasteiger partial charge in [0.15, 0.2) is 0 Å². The number of amides is 1. The van der Waals surface area contributed by atoms with Gasteiger partial charge in [0, 0.05) is 49.3 Å². The summed E-state index contributed by atoms with van der Waals surface area (Å²) in [5, 5.41) is 23.3. The van der Waals surface area contributed by atoms with E-state index in [1.54, 1.807) is 17.0 Å². The molecule has 10 heteroatoms. The van der Waals surface area contributed by atoms with Crippen molar-refractivity contribution < 1.29 is 9.72 Å².